The largest absolute Gasteiger partial charge is 0.534 e. The zero-order valence-corrected chi connectivity index (χ0v) is 13.5. The van der Waals surface area contributed by atoms with E-state index in [9.17, 15) is 21.6 Å². The van der Waals surface area contributed by atoms with Gasteiger partial charge in [-0.3, -0.25) is 5.92 Å². The van der Waals surface area contributed by atoms with Gasteiger partial charge >= 0.3 is 15.6 Å². The molecule has 1 aromatic rings. The van der Waals surface area contributed by atoms with Gasteiger partial charge in [0.25, 0.3) is 0 Å². The van der Waals surface area contributed by atoms with Crippen LogP contribution in [0.4, 0.5) is 13.2 Å². The normalized spacial score (nSPS) is 13.8. The number of fused-ring (bicyclic) bond motifs is 1. The molecule has 0 saturated heterocycles. The average molecular weight is 376 g/mol. The zero-order chi connectivity index (χ0) is 14.3. The van der Waals surface area contributed by atoms with Crippen LogP contribution in [0.25, 0.3) is 5.76 Å². The van der Waals surface area contributed by atoms with E-state index in [-0.39, 0.29) is 50.5 Å². The van der Waals surface area contributed by atoms with E-state index < -0.39 is 15.6 Å². The molecule has 0 unspecified atom stereocenters. The second-order valence-corrected chi connectivity index (χ2v) is 5.29. The number of hydrogen-bond acceptors (Lipinski definition) is 3. The van der Waals surface area contributed by atoms with Gasteiger partial charge in [0.15, 0.2) is 0 Å². The van der Waals surface area contributed by atoms with Crippen LogP contribution in [0.3, 0.4) is 0 Å². The van der Waals surface area contributed by atoms with Crippen molar-refractivity contribution in [2.45, 2.75) is 11.9 Å². The third kappa shape index (κ3) is 3.25. The Bertz CT molecular complexity index is 700. The van der Waals surface area contributed by atoms with Gasteiger partial charge in [0.05, 0.1) is 0 Å². The smallest absolute Gasteiger partial charge is 0.376 e. The maximum atomic E-state index is 12.2. The van der Waals surface area contributed by atoms with Crippen molar-refractivity contribution in [3.05, 3.63) is 47.4 Å². The van der Waals surface area contributed by atoms with E-state index in [1.54, 1.807) is 12.1 Å². The molecular weight excluding hydrogens is 370 g/mol. The standard InChI is InChI=1S/C12H6F3O3S.Y/c1-2-8-3-4-9-5-6-11(10(9)7-8)18-19(16,17)12(13,14)15;/h3-4,6-7H,5H2;/q-1;. The molecule has 0 atom stereocenters. The van der Waals surface area contributed by atoms with Crippen LogP contribution in [0.2, 0.25) is 0 Å². The summed E-state index contributed by atoms with van der Waals surface area (Å²) in [6.07, 6.45) is 8.47. The minimum atomic E-state index is -5.68. The topological polar surface area (TPSA) is 43.4 Å². The number of alkyl halides is 3. The van der Waals surface area contributed by atoms with Crippen LogP contribution in [0.5, 0.6) is 0 Å². The van der Waals surface area contributed by atoms with Crippen LogP contribution < -0.4 is 0 Å². The molecule has 20 heavy (non-hydrogen) atoms. The zero-order valence-electron chi connectivity index (χ0n) is 9.86. The van der Waals surface area contributed by atoms with Crippen LogP contribution in [0.15, 0.2) is 24.3 Å². The van der Waals surface area contributed by atoms with Gasteiger partial charge in [0.2, 0.25) is 0 Å². The molecule has 1 aromatic carbocycles. The van der Waals surface area contributed by atoms with Crippen molar-refractivity contribution in [3.63, 3.8) is 0 Å². The third-order valence-electron chi connectivity index (χ3n) is 2.51. The number of benzene rings is 1. The van der Waals surface area contributed by atoms with Crippen molar-refractivity contribution >= 4 is 15.9 Å². The number of allylic oxidation sites excluding steroid dienone is 1. The second kappa shape index (κ2) is 5.88. The van der Waals surface area contributed by atoms with Crippen LogP contribution in [0, 0.1) is 12.3 Å². The molecule has 0 amide bonds. The Morgan fingerprint density at radius 2 is 1.95 bits per heavy atom. The van der Waals surface area contributed by atoms with E-state index in [1.807, 2.05) is 0 Å². The maximum Gasteiger partial charge on any atom is 0.534 e. The van der Waals surface area contributed by atoms with E-state index in [0.29, 0.717) is 11.1 Å². The Labute approximate surface area is 139 Å². The minimum Gasteiger partial charge on any atom is -0.376 e. The van der Waals surface area contributed by atoms with Crippen LogP contribution in [-0.2, 0) is 53.4 Å². The molecule has 8 heteroatoms. The quantitative estimate of drug-likeness (QED) is 0.345. The fourth-order valence-corrected chi connectivity index (χ4v) is 2.11. The van der Waals surface area contributed by atoms with Gasteiger partial charge in [-0.1, -0.05) is 6.07 Å². The maximum absolute atomic E-state index is 12.2. The summed E-state index contributed by atoms with van der Waals surface area (Å²) in [5.41, 5.74) is -4.29. The molecule has 103 valence electrons. The monoisotopic (exact) mass is 376 g/mol. The third-order valence-corrected chi connectivity index (χ3v) is 3.48. The molecule has 0 bridgehead atoms. The number of halogens is 3. The first-order chi connectivity index (χ1) is 8.74. The molecule has 0 fully saturated rings. The Hall–Kier alpha value is -0.836. The van der Waals surface area contributed by atoms with Gasteiger partial charge < -0.3 is 10.6 Å². The number of rotatable bonds is 2. The van der Waals surface area contributed by atoms with Gasteiger partial charge in [-0.2, -0.15) is 21.6 Å². The fraction of sp³-hybridized carbons (Fsp3) is 0.167. The molecule has 0 aliphatic heterocycles. The summed E-state index contributed by atoms with van der Waals surface area (Å²) in [6, 6.07) is 4.49. The molecule has 1 radical (unpaired) electrons. The molecule has 0 aromatic heterocycles. The molecule has 3 nitrogen and oxygen atoms in total. The molecule has 1 aliphatic carbocycles. The van der Waals surface area contributed by atoms with Crippen LogP contribution >= 0.6 is 0 Å². The van der Waals surface area contributed by atoms with Crippen molar-refractivity contribution in [1.82, 2.24) is 0 Å². The summed E-state index contributed by atoms with van der Waals surface area (Å²) in [6.45, 7) is 0. The summed E-state index contributed by atoms with van der Waals surface area (Å²) in [5.74, 6) is 1.69. The molecule has 0 N–H and O–H groups in total. The van der Waals surface area contributed by atoms with Gasteiger partial charge in [0, 0.05) is 38.3 Å². The predicted octanol–water partition coefficient (Wildman–Crippen LogP) is 2.39. The van der Waals surface area contributed by atoms with Crippen molar-refractivity contribution < 1.29 is 58.5 Å². The minimum absolute atomic E-state index is 0. The van der Waals surface area contributed by atoms with Gasteiger partial charge in [-0.15, -0.1) is 17.7 Å². The molecule has 0 saturated carbocycles. The predicted molar refractivity (Wildman–Crippen MR) is 60.4 cm³/mol. The summed E-state index contributed by atoms with van der Waals surface area (Å²) < 4.78 is 62.6. The van der Waals surface area contributed by atoms with E-state index in [0.717, 1.165) is 0 Å². The Morgan fingerprint density at radius 1 is 1.30 bits per heavy atom. The van der Waals surface area contributed by atoms with Crippen molar-refractivity contribution in [1.29, 1.82) is 0 Å². The Balaban J connectivity index is 0.00000200. The summed E-state index contributed by atoms with van der Waals surface area (Å²) in [5, 5.41) is 0. The molecule has 0 heterocycles. The molecule has 2 rings (SSSR count). The van der Waals surface area contributed by atoms with E-state index >= 15 is 0 Å². The fourth-order valence-electron chi connectivity index (χ4n) is 1.62. The number of hydrogen-bond donors (Lipinski definition) is 0. The van der Waals surface area contributed by atoms with Crippen molar-refractivity contribution in [2.75, 3.05) is 0 Å². The van der Waals surface area contributed by atoms with E-state index in [1.165, 1.54) is 12.1 Å². The summed E-state index contributed by atoms with van der Waals surface area (Å²) in [4.78, 5) is 0. The van der Waals surface area contributed by atoms with Crippen molar-refractivity contribution in [3.8, 4) is 5.92 Å². The first-order valence-corrected chi connectivity index (χ1v) is 6.42. The van der Waals surface area contributed by atoms with Gasteiger partial charge in [-0.25, -0.2) is 0 Å². The molecular formula is C12H6F3O3SY-. The Kier molecular flexibility index (Phi) is 5.06. The van der Waals surface area contributed by atoms with Gasteiger partial charge in [0.1, 0.15) is 5.76 Å². The van der Waals surface area contributed by atoms with E-state index in [4.69, 9.17) is 6.42 Å². The van der Waals surface area contributed by atoms with Crippen molar-refractivity contribution in [2.24, 2.45) is 0 Å². The Morgan fingerprint density at radius 3 is 2.50 bits per heavy atom. The second-order valence-electron chi connectivity index (χ2n) is 3.75. The average Bonchev–Trinajstić information content (AvgIpc) is 2.69. The van der Waals surface area contributed by atoms with Gasteiger partial charge in [-0.05, 0) is 18.1 Å². The van der Waals surface area contributed by atoms with E-state index in [2.05, 4.69) is 10.1 Å². The SMILES string of the molecule is [C-]#Cc1ccc2c(c1)C(OS(=O)(=O)C(F)(F)F)=CC2.[Y]. The van der Waals surface area contributed by atoms with Crippen LogP contribution in [0.1, 0.15) is 16.7 Å². The summed E-state index contributed by atoms with van der Waals surface area (Å²) >= 11 is 0. The summed E-state index contributed by atoms with van der Waals surface area (Å²) in [7, 11) is -5.68. The first kappa shape index (κ1) is 17.2. The van der Waals surface area contributed by atoms with Crippen LogP contribution in [-0.4, -0.2) is 13.9 Å². The molecule has 1 aliphatic rings. The molecule has 0 spiro atoms. The first-order valence-electron chi connectivity index (χ1n) is 5.01.